The second-order valence-electron chi connectivity index (χ2n) is 17.6. The molecular formula is C62H44F3N3. The quantitative estimate of drug-likeness (QED) is 0.152. The van der Waals surface area contributed by atoms with E-state index in [2.05, 4.69) is 147 Å². The number of fused-ring (bicyclic) bond motifs is 3. The van der Waals surface area contributed by atoms with E-state index in [0.717, 1.165) is 94.4 Å². The second kappa shape index (κ2) is 17.1. The van der Waals surface area contributed by atoms with Gasteiger partial charge in [0.25, 0.3) is 0 Å². The van der Waals surface area contributed by atoms with Crippen LogP contribution in [0.5, 0.6) is 0 Å². The molecule has 0 aliphatic carbocycles. The summed E-state index contributed by atoms with van der Waals surface area (Å²) in [5, 5.41) is 2.11. The lowest BCUT2D eigenvalue weighted by molar-refractivity contribution is -0.137. The van der Waals surface area contributed by atoms with E-state index in [1.807, 2.05) is 66.7 Å². The molecule has 0 aliphatic rings. The molecule has 2 heterocycles. The second-order valence-corrected chi connectivity index (χ2v) is 17.6. The van der Waals surface area contributed by atoms with Gasteiger partial charge in [0.2, 0.25) is 0 Å². The number of benzene rings is 9. The minimum absolute atomic E-state index is 0.565. The lowest BCUT2D eigenvalue weighted by Crippen LogP contribution is -2.05. The van der Waals surface area contributed by atoms with Gasteiger partial charge in [0, 0.05) is 38.6 Å². The summed E-state index contributed by atoms with van der Waals surface area (Å²) >= 11 is 0. The van der Waals surface area contributed by atoms with E-state index in [1.165, 1.54) is 23.3 Å². The minimum Gasteiger partial charge on any atom is -0.308 e. The van der Waals surface area contributed by atoms with Crippen LogP contribution < -0.4 is 0 Å². The Morgan fingerprint density at radius 1 is 0.353 bits per heavy atom. The van der Waals surface area contributed by atoms with Gasteiger partial charge in [0.05, 0.1) is 33.7 Å². The Balaban J connectivity index is 1.26. The Kier molecular flexibility index (Phi) is 10.7. The summed E-state index contributed by atoms with van der Waals surface area (Å²) < 4.78 is 45.1. The summed E-state index contributed by atoms with van der Waals surface area (Å²) in [6.07, 6.45) is -4.50. The van der Waals surface area contributed by atoms with Crippen LogP contribution in [0.15, 0.2) is 212 Å². The Labute approximate surface area is 393 Å². The molecule has 0 unspecified atom stereocenters. The van der Waals surface area contributed by atoms with Crippen molar-refractivity contribution in [3.63, 3.8) is 0 Å². The number of aromatic nitrogens is 3. The van der Waals surface area contributed by atoms with Crippen LogP contribution >= 0.6 is 0 Å². The zero-order chi connectivity index (χ0) is 46.5. The van der Waals surface area contributed by atoms with Gasteiger partial charge in [-0.3, -0.25) is 0 Å². The molecule has 0 radical (unpaired) electrons. The van der Waals surface area contributed by atoms with E-state index >= 15 is 0 Å². The maximum Gasteiger partial charge on any atom is 0.416 e. The van der Waals surface area contributed by atoms with Gasteiger partial charge < -0.3 is 4.57 Å². The van der Waals surface area contributed by atoms with Crippen LogP contribution in [0.4, 0.5) is 13.2 Å². The molecule has 2 aromatic heterocycles. The Morgan fingerprint density at radius 2 is 0.794 bits per heavy atom. The van der Waals surface area contributed by atoms with Gasteiger partial charge in [-0.2, -0.15) is 13.2 Å². The first-order valence-corrected chi connectivity index (χ1v) is 22.7. The molecule has 0 fully saturated rings. The summed E-state index contributed by atoms with van der Waals surface area (Å²) in [5.74, 6) is 0.565. The average molecular weight is 888 g/mol. The van der Waals surface area contributed by atoms with Crippen molar-refractivity contribution in [2.45, 2.75) is 26.9 Å². The molecule has 0 amide bonds. The Bertz CT molecular complexity index is 3510. The zero-order valence-corrected chi connectivity index (χ0v) is 37.7. The number of halogens is 3. The molecule has 0 spiro atoms. The van der Waals surface area contributed by atoms with Gasteiger partial charge in [-0.15, -0.1) is 0 Å². The van der Waals surface area contributed by atoms with E-state index < -0.39 is 11.7 Å². The third-order valence-electron chi connectivity index (χ3n) is 12.8. The van der Waals surface area contributed by atoms with Gasteiger partial charge in [0.15, 0.2) is 5.82 Å². The summed E-state index contributed by atoms with van der Waals surface area (Å²) in [6, 6.07) is 70.5. The highest BCUT2D eigenvalue weighted by atomic mass is 19.4. The van der Waals surface area contributed by atoms with E-state index in [9.17, 15) is 13.2 Å². The number of hydrogen-bond donors (Lipinski definition) is 0. The molecule has 3 nitrogen and oxygen atoms in total. The molecule has 0 aliphatic heterocycles. The van der Waals surface area contributed by atoms with E-state index in [4.69, 9.17) is 9.97 Å². The van der Waals surface area contributed by atoms with Crippen LogP contribution in [-0.4, -0.2) is 14.5 Å². The van der Waals surface area contributed by atoms with Gasteiger partial charge in [-0.1, -0.05) is 174 Å². The van der Waals surface area contributed by atoms with Gasteiger partial charge in [0.1, 0.15) is 0 Å². The molecule has 0 N–H and O–H groups in total. The topological polar surface area (TPSA) is 30.7 Å². The molecule has 0 saturated carbocycles. The highest BCUT2D eigenvalue weighted by Crippen LogP contribution is 2.46. The van der Waals surface area contributed by atoms with Crippen LogP contribution in [-0.2, 0) is 6.18 Å². The van der Waals surface area contributed by atoms with Crippen LogP contribution in [0.2, 0.25) is 0 Å². The summed E-state index contributed by atoms with van der Waals surface area (Å²) in [7, 11) is 0. The van der Waals surface area contributed by atoms with Crippen molar-refractivity contribution in [3.05, 3.63) is 235 Å². The Morgan fingerprint density at radius 3 is 1.29 bits per heavy atom. The molecule has 68 heavy (non-hydrogen) atoms. The van der Waals surface area contributed by atoms with Crippen molar-refractivity contribution in [3.8, 4) is 84.1 Å². The lowest BCUT2D eigenvalue weighted by atomic mass is 9.91. The maximum absolute atomic E-state index is 14.3. The smallest absolute Gasteiger partial charge is 0.308 e. The van der Waals surface area contributed by atoms with Crippen molar-refractivity contribution in [1.82, 2.24) is 14.5 Å². The van der Waals surface area contributed by atoms with Crippen LogP contribution in [0.3, 0.4) is 0 Å². The molecule has 0 saturated heterocycles. The predicted molar refractivity (Wildman–Crippen MR) is 274 cm³/mol. The van der Waals surface area contributed by atoms with E-state index in [-0.39, 0.29) is 0 Å². The molecular weight excluding hydrogens is 844 g/mol. The molecule has 0 atom stereocenters. The van der Waals surface area contributed by atoms with Crippen LogP contribution in [0, 0.1) is 20.8 Å². The first kappa shape index (κ1) is 42.3. The monoisotopic (exact) mass is 887 g/mol. The molecule has 328 valence electrons. The fraction of sp³-hybridized carbons (Fsp3) is 0.0645. The van der Waals surface area contributed by atoms with E-state index in [1.54, 1.807) is 12.1 Å². The standard InChI is InChI=1S/C62H44F3N3/c1-39-20-22-42(23-21-39)52-36-50(57-38-56(44-14-6-4-7-15-44)66-61(67-57)45-16-8-5-9-17-45)37-53(43-24-28-51(29-25-43)62(63,64)65)60(52)68-58-30-26-48(46-18-10-12-40(2)32-46)34-54(58)55-35-49(27-31-59(55)68)47-19-11-13-41(3)33-47/h4-38H,1-3H3. The van der Waals surface area contributed by atoms with Crippen molar-refractivity contribution in [1.29, 1.82) is 0 Å². The van der Waals surface area contributed by atoms with Gasteiger partial charge in [-0.05, 0) is 109 Å². The summed E-state index contributed by atoms with van der Waals surface area (Å²) in [4.78, 5) is 10.3. The van der Waals surface area contributed by atoms with Crippen molar-refractivity contribution in [2.75, 3.05) is 0 Å². The van der Waals surface area contributed by atoms with Crippen LogP contribution in [0.25, 0.3) is 106 Å². The average Bonchev–Trinajstić information content (AvgIpc) is 3.69. The number of aryl methyl sites for hydroxylation is 3. The highest BCUT2D eigenvalue weighted by Gasteiger charge is 2.31. The predicted octanol–water partition coefficient (Wildman–Crippen LogP) is 17.2. The van der Waals surface area contributed by atoms with Crippen molar-refractivity contribution in [2.24, 2.45) is 0 Å². The summed E-state index contributed by atoms with van der Waals surface area (Å²) in [5.41, 5.74) is 17.2. The third-order valence-corrected chi connectivity index (χ3v) is 12.8. The van der Waals surface area contributed by atoms with Gasteiger partial charge >= 0.3 is 6.18 Å². The fourth-order valence-electron chi connectivity index (χ4n) is 9.38. The summed E-state index contributed by atoms with van der Waals surface area (Å²) in [6.45, 7) is 6.28. The number of nitrogens with zero attached hydrogens (tertiary/aromatic N) is 3. The van der Waals surface area contributed by atoms with Gasteiger partial charge in [-0.25, -0.2) is 9.97 Å². The first-order chi connectivity index (χ1) is 33.0. The maximum atomic E-state index is 14.3. The van der Waals surface area contributed by atoms with E-state index in [0.29, 0.717) is 17.1 Å². The normalized spacial score (nSPS) is 11.7. The number of rotatable bonds is 8. The Hall–Kier alpha value is -8.35. The lowest BCUT2D eigenvalue weighted by Gasteiger charge is -2.22. The minimum atomic E-state index is -4.50. The highest BCUT2D eigenvalue weighted by molar-refractivity contribution is 6.13. The zero-order valence-electron chi connectivity index (χ0n) is 37.7. The number of hydrogen-bond acceptors (Lipinski definition) is 2. The fourth-order valence-corrected chi connectivity index (χ4v) is 9.38. The molecule has 6 heteroatoms. The molecule has 0 bridgehead atoms. The first-order valence-electron chi connectivity index (χ1n) is 22.7. The largest absolute Gasteiger partial charge is 0.416 e. The van der Waals surface area contributed by atoms with Crippen LogP contribution in [0.1, 0.15) is 22.3 Å². The molecule has 9 aromatic carbocycles. The SMILES string of the molecule is Cc1ccc(-c2cc(-c3cc(-c4ccccc4)nc(-c4ccccc4)n3)cc(-c3ccc(C(F)(F)F)cc3)c2-n2c3ccc(-c4cccc(C)c4)cc3c3cc(-c4cccc(C)c4)ccc32)cc1. The molecule has 11 aromatic rings. The van der Waals surface area contributed by atoms with Crippen molar-refractivity contribution >= 4 is 21.8 Å². The van der Waals surface area contributed by atoms with Crippen molar-refractivity contribution < 1.29 is 13.2 Å². The molecule has 11 rings (SSSR count). The third kappa shape index (κ3) is 8.04. The number of alkyl halides is 3.